The Morgan fingerprint density at radius 1 is 1.15 bits per heavy atom. The van der Waals surface area contributed by atoms with Crippen molar-refractivity contribution in [2.75, 3.05) is 13.1 Å². The van der Waals surface area contributed by atoms with E-state index in [-0.39, 0.29) is 6.04 Å². The van der Waals surface area contributed by atoms with Crippen LogP contribution in [0.5, 0.6) is 0 Å². The van der Waals surface area contributed by atoms with Crippen molar-refractivity contribution in [3.05, 3.63) is 64.6 Å². The summed E-state index contributed by atoms with van der Waals surface area (Å²) in [5.41, 5.74) is 15.0. The number of aryl methyl sites for hydroxylation is 2. The lowest BCUT2D eigenvalue weighted by atomic mass is 9.94. The first-order valence-electron chi connectivity index (χ1n) is 10.1. The van der Waals surface area contributed by atoms with Crippen LogP contribution in [0, 0.1) is 13.8 Å². The van der Waals surface area contributed by atoms with Gasteiger partial charge in [0.05, 0.1) is 0 Å². The van der Waals surface area contributed by atoms with Gasteiger partial charge in [0.15, 0.2) is 0 Å². The van der Waals surface area contributed by atoms with Gasteiger partial charge in [0.2, 0.25) is 0 Å². The summed E-state index contributed by atoms with van der Waals surface area (Å²) >= 11 is 0. The van der Waals surface area contributed by atoms with E-state index in [0.717, 1.165) is 18.5 Å². The van der Waals surface area contributed by atoms with E-state index in [4.69, 9.17) is 5.73 Å². The monoisotopic (exact) mass is 360 g/mol. The molecule has 2 unspecified atom stereocenters. The van der Waals surface area contributed by atoms with Gasteiger partial charge in [0.1, 0.15) is 0 Å². The molecule has 2 aliphatic heterocycles. The summed E-state index contributed by atoms with van der Waals surface area (Å²) in [7, 11) is 0. The molecule has 2 aliphatic rings. The molecule has 27 heavy (non-hydrogen) atoms. The summed E-state index contributed by atoms with van der Waals surface area (Å²) in [5, 5.41) is 1.45. The van der Waals surface area contributed by atoms with E-state index in [2.05, 4.69) is 40.4 Å². The van der Waals surface area contributed by atoms with E-state index >= 15 is 0 Å². The smallest absolute Gasteiger partial charge is 0.0489 e. The molecule has 1 fully saturated rings. The van der Waals surface area contributed by atoms with Crippen molar-refractivity contribution in [3.63, 3.8) is 0 Å². The Bertz CT molecular complexity index is 989. The van der Waals surface area contributed by atoms with Gasteiger partial charge < -0.3 is 10.3 Å². The quantitative estimate of drug-likeness (QED) is 0.767. The highest BCUT2D eigenvalue weighted by molar-refractivity contribution is 5.88. The summed E-state index contributed by atoms with van der Waals surface area (Å²) in [6.07, 6.45) is 7.40. The average molecular weight is 361 g/mol. The van der Waals surface area contributed by atoms with Crippen molar-refractivity contribution >= 4 is 10.9 Å². The zero-order valence-corrected chi connectivity index (χ0v) is 16.3. The highest BCUT2D eigenvalue weighted by Crippen LogP contribution is 2.43. The molecule has 3 aromatic rings. The second kappa shape index (κ2) is 6.47. The minimum Gasteiger partial charge on any atom is -0.342 e. The van der Waals surface area contributed by atoms with E-state index in [0.29, 0.717) is 6.04 Å². The van der Waals surface area contributed by atoms with Crippen LogP contribution in [0.4, 0.5) is 0 Å². The molecule has 140 valence electrons. The first kappa shape index (κ1) is 17.0. The van der Waals surface area contributed by atoms with Gasteiger partial charge in [-0.3, -0.25) is 9.88 Å². The van der Waals surface area contributed by atoms with E-state index in [1.165, 1.54) is 53.7 Å². The van der Waals surface area contributed by atoms with Gasteiger partial charge in [0, 0.05) is 60.6 Å². The molecular weight excluding hydrogens is 332 g/mol. The molecule has 4 heteroatoms. The van der Waals surface area contributed by atoms with Gasteiger partial charge in [-0.1, -0.05) is 0 Å². The number of rotatable bonds is 3. The van der Waals surface area contributed by atoms with Crippen molar-refractivity contribution in [2.24, 2.45) is 5.73 Å². The zero-order valence-electron chi connectivity index (χ0n) is 16.3. The van der Waals surface area contributed by atoms with E-state index in [9.17, 15) is 0 Å². The third kappa shape index (κ3) is 2.70. The number of nitrogens with zero attached hydrogens (tertiary/aromatic N) is 3. The molecule has 0 saturated carbocycles. The van der Waals surface area contributed by atoms with Crippen molar-refractivity contribution < 1.29 is 0 Å². The molecule has 0 bridgehead atoms. The highest BCUT2D eigenvalue weighted by Gasteiger charge is 2.35. The molecule has 1 saturated heterocycles. The molecule has 5 rings (SSSR count). The second-order valence-electron chi connectivity index (χ2n) is 8.26. The maximum atomic E-state index is 6.63. The van der Waals surface area contributed by atoms with Crippen LogP contribution >= 0.6 is 0 Å². The Morgan fingerprint density at radius 2 is 1.93 bits per heavy atom. The summed E-state index contributed by atoms with van der Waals surface area (Å²) in [4.78, 5) is 6.82. The van der Waals surface area contributed by atoms with Crippen molar-refractivity contribution in [1.82, 2.24) is 14.5 Å². The Hall–Kier alpha value is -2.17. The number of nitrogens with two attached hydrogens (primary N) is 1. The Morgan fingerprint density at radius 3 is 2.74 bits per heavy atom. The van der Waals surface area contributed by atoms with Crippen LogP contribution in [0.2, 0.25) is 0 Å². The lowest BCUT2D eigenvalue weighted by Crippen LogP contribution is -2.32. The third-order valence-electron chi connectivity index (χ3n) is 6.68. The van der Waals surface area contributed by atoms with Crippen LogP contribution in [0.25, 0.3) is 10.9 Å². The molecule has 0 amide bonds. The fourth-order valence-corrected chi connectivity index (χ4v) is 5.12. The highest BCUT2D eigenvalue weighted by atomic mass is 15.2. The molecular formula is C23H28N4. The van der Waals surface area contributed by atoms with Crippen LogP contribution in [-0.2, 0) is 13.0 Å². The van der Waals surface area contributed by atoms with Crippen LogP contribution in [-0.4, -0.2) is 27.5 Å². The van der Waals surface area contributed by atoms with Crippen LogP contribution < -0.4 is 5.73 Å². The number of fused-ring (bicyclic) bond motifs is 5. The van der Waals surface area contributed by atoms with E-state index < -0.39 is 0 Å². The van der Waals surface area contributed by atoms with E-state index in [1.54, 1.807) is 5.56 Å². The summed E-state index contributed by atoms with van der Waals surface area (Å²) in [6.45, 7) is 7.70. The predicted octanol–water partition coefficient (Wildman–Crippen LogP) is 4.05. The minimum absolute atomic E-state index is 0.0177. The van der Waals surface area contributed by atoms with Gasteiger partial charge in [-0.05, 0) is 79.8 Å². The van der Waals surface area contributed by atoms with Crippen LogP contribution in [0.15, 0.2) is 36.7 Å². The van der Waals surface area contributed by atoms with E-state index in [1.807, 2.05) is 24.5 Å². The van der Waals surface area contributed by atoms with Crippen molar-refractivity contribution in [2.45, 2.75) is 51.7 Å². The minimum atomic E-state index is -0.0177. The summed E-state index contributed by atoms with van der Waals surface area (Å²) in [6, 6.07) is 9.45. The third-order valence-corrected chi connectivity index (χ3v) is 6.68. The molecule has 2 N–H and O–H groups in total. The Labute approximate surface area is 161 Å². The molecule has 4 nitrogen and oxygen atoms in total. The van der Waals surface area contributed by atoms with Crippen molar-refractivity contribution in [3.8, 4) is 0 Å². The first-order chi connectivity index (χ1) is 13.1. The number of pyridine rings is 1. The SMILES string of the molecule is Cc1cc2c3c(n(CC(N)c4ccncc4)c2cc1C)CCN1CCCC31. The molecule has 0 aliphatic carbocycles. The number of hydrogen-bond donors (Lipinski definition) is 1. The molecule has 0 radical (unpaired) electrons. The largest absolute Gasteiger partial charge is 0.342 e. The summed E-state index contributed by atoms with van der Waals surface area (Å²) < 4.78 is 2.53. The first-order valence-corrected chi connectivity index (χ1v) is 10.1. The zero-order chi connectivity index (χ0) is 18.5. The fourth-order valence-electron chi connectivity index (χ4n) is 5.12. The topological polar surface area (TPSA) is 47.1 Å². The fraction of sp³-hybridized carbons (Fsp3) is 0.435. The molecule has 0 spiro atoms. The standard InChI is InChI=1S/C23H28N4/c1-15-12-18-22(13-16(15)2)27(14-19(24)17-5-8-25-9-6-17)21-7-11-26-10-3-4-20(26)23(18)21/h5-6,8-9,12-13,19-20H,3-4,7,10-11,14,24H2,1-2H3. The maximum Gasteiger partial charge on any atom is 0.0489 e. The lowest BCUT2D eigenvalue weighted by Gasteiger charge is -2.31. The van der Waals surface area contributed by atoms with Gasteiger partial charge in [-0.15, -0.1) is 0 Å². The lowest BCUT2D eigenvalue weighted by molar-refractivity contribution is 0.241. The second-order valence-corrected chi connectivity index (χ2v) is 8.26. The number of aromatic nitrogens is 2. The molecule has 1 aromatic carbocycles. The normalized spacial score (nSPS) is 20.6. The van der Waals surface area contributed by atoms with Gasteiger partial charge in [-0.25, -0.2) is 0 Å². The Balaban J connectivity index is 1.66. The average Bonchev–Trinajstić information content (AvgIpc) is 3.26. The van der Waals surface area contributed by atoms with Crippen LogP contribution in [0.3, 0.4) is 0 Å². The van der Waals surface area contributed by atoms with Gasteiger partial charge >= 0.3 is 0 Å². The number of benzene rings is 1. The van der Waals surface area contributed by atoms with Gasteiger partial charge in [0.25, 0.3) is 0 Å². The predicted molar refractivity (Wildman–Crippen MR) is 110 cm³/mol. The maximum absolute atomic E-state index is 6.63. The number of hydrogen-bond acceptors (Lipinski definition) is 3. The molecule has 2 atom stereocenters. The van der Waals surface area contributed by atoms with Gasteiger partial charge in [-0.2, -0.15) is 0 Å². The Kier molecular flexibility index (Phi) is 4.06. The molecule has 4 heterocycles. The molecule has 2 aromatic heterocycles. The summed E-state index contributed by atoms with van der Waals surface area (Å²) in [5.74, 6) is 0. The van der Waals surface area contributed by atoms with Crippen molar-refractivity contribution in [1.29, 1.82) is 0 Å². The van der Waals surface area contributed by atoms with Crippen LogP contribution in [0.1, 0.15) is 52.9 Å².